The zero-order chi connectivity index (χ0) is 9.90. The van der Waals surface area contributed by atoms with Gasteiger partial charge < -0.3 is 5.11 Å². The SMILES string of the molecule is O=C(O)/C=C\C1CCCCS1(=O)=O. The molecule has 1 fully saturated rings. The van der Waals surface area contributed by atoms with Crippen molar-refractivity contribution in [1.82, 2.24) is 0 Å². The van der Waals surface area contributed by atoms with Crippen molar-refractivity contribution in [3.8, 4) is 0 Å². The van der Waals surface area contributed by atoms with Gasteiger partial charge >= 0.3 is 5.97 Å². The standard InChI is InChI=1S/C8H12O4S/c9-8(10)5-4-7-3-1-2-6-13(7,11)12/h4-5,7H,1-3,6H2,(H,9,10)/b5-4-. The van der Waals surface area contributed by atoms with Gasteiger partial charge in [0, 0.05) is 6.08 Å². The Hall–Kier alpha value is -0.840. The highest BCUT2D eigenvalue weighted by atomic mass is 32.2. The molecule has 1 rings (SSSR count). The molecule has 1 atom stereocenters. The Labute approximate surface area is 77.2 Å². The summed E-state index contributed by atoms with van der Waals surface area (Å²) in [6.07, 6.45) is 4.28. The number of rotatable bonds is 2. The molecule has 4 nitrogen and oxygen atoms in total. The summed E-state index contributed by atoms with van der Waals surface area (Å²) in [4.78, 5) is 10.2. The van der Waals surface area contributed by atoms with Crippen molar-refractivity contribution < 1.29 is 18.3 Å². The molecule has 1 N–H and O–H groups in total. The van der Waals surface area contributed by atoms with E-state index in [0.29, 0.717) is 12.8 Å². The Bertz CT molecular complexity index is 315. The van der Waals surface area contributed by atoms with Crippen LogP contribution in [0.2, 0.25) is 0 Å². The summed E-state index contributed by atoms with van der Waals surface area (Å²) in [5, 5.41) is 7.75. The largest absolute Gasteiger partial charge is 0.478 e. The summed E-state index contributed by atoms with van der Waals surface area (Å²) in [6, 6.07) is 0. The van der Waals surface area contributed by atoms with Crippen molar-refractivity contribution in [1.29, 1.82) is 0 Å². The smallest absolute Gasteiger partial charge is 0.328 e. The minimum atomic E-state index is -3.07. The highest BCUT2D eigenvalue weighted by molar-refractivity contribution is 7.92. The van der Waals surface area contributed by atoms with E-state index < -0.39 is 21.1 Å². The third-order valence-corrected chi connectivity index (χ3v) is 4.26. The highest BCUT2D eigenvalue weighted by Gasteiger charge is 2.26. The third kappa shape index (κ3) is 2.84. The molecule has 1 aliphatic rings. The summed E-state index contributed by atoms with van der Waals surface area (Å²) in [6.45, 7) is 0. The van der Waals surface area contributed by atoms with Gasteiger partial charge in [-0.25, -0.2) is 13.2 Å². The number of carboxylic acid groups (broad SMARTS) is 1. The topological polar surface area (TPSA) is 71.4 Å². The van der Waals surface area contributed by atoms with Crippen LogP contribution < -0.4 is 0 Å². The van der Waals surface area contributed by atoms with E-state index >= 15 is 0 Å². The molecule has 0 aromatic carbocycles. The van der Waals surface area contributed by atoms with Gasteiger partial charge in [-0.1, -0.05) is 12.5 Å². The van der Waals surface area contributed by atoms with Crippen LogP contribution in [0.5, 0.6) is 0 Å². The Morgan fingerprint density at radius 1 is 1.38 bits per heavy atom. The lowest BCUT2D eigenvalue weighted by Gasteiger charge is -2.18. The van der Waals surface area contributed by atoms with Crippen LogP contribution in [0.25, 0.3) is 0 Å². The maximum atomic E-state index is 11.4. The van der Waals surface area contributed by atoms with Crippen molar-refractivity contribution in [2.75, 3.05) is 5.75 Å². The average Bonchev–Trinajstić information content (AvgIpc) is 2.01. The van der Waals surface area contributed by atoms with Crippen LogP contribution in [0, 0.1) is 0 Å². The summed E-state index contributed by atoms with van der Waals surface area (Å²) in [5.41, 5.74) is 0. The van der Waals surface area contributed by atoms with Crippen molar-refractivity contribution in [3.05, 3.63) is 12.2 Å². The molecule has 1 aliphatic heterocycles. The normalized spacial score (nSPS) is 27.5. The summed E-state index contributed by atoms with van der Waals surface area (Å²) < 4.78 is 22.7. The van der Waals surface area contributed by atoms with Gasteiger partial charge in [0.05, 0.1) is 11.0 Å². The average molecular weight is 204 g/mol. The Kier molecular flexibility index (Phi) is 3.08. The minimum Gasteiger partial charge on any atom is -0.478 e. The van der Waals surface area contributed by atoms with Crippen LogP contribution in [-0.2, 0) is 14.6 Å². The van der Waals surface area contributed by atoms with Gasteiger partial charge in [-0.3, -0.25) is 0 Å². The van der Waals surface area contributed by atoms with E-state index in [1.807, 2.05) is 0 Å². The molecule has 1 unspecified atom stereocenters. The molecule has 0 aromatic rings. The van der Waals surface area contributed by atoms with Gasteiger partial charge in [0.15, 0.2) is 9.84 Å². The molecular weight excluding hydrogens is 192 g/mol. The van der Waals surface area contributed by atoms with Gasteiger partial charge in [0.2, 0.25) is 0 Å². The van der Waals surface area contributed by atoms with Gasteiger partial charge in [-0.2, -0.15) is 0 Å². The molecule has 0 aliphatic carbocycles. The van der Waals surface area contributed by atoms with E-state index in [1.165, 1.54) is 6.08 Å². The van der Waals surface area contributed by atoms with Gasteiger partial charge in [0.25, 0.3) is 0 Å². The summed E-state index contributed by atoms with van der Waals surface area (Å²) >= 11 is 0. The molecule has 0 bridgehead atoms. The summed E-state index contributed by atoms with van der Waals surface area (Å²) in [7, 11) is -3.07. The van der Waals surface area contributed by atoms with Crippen LogP contribution in [-0.4, -0.2) is 30.5 Å². The molecule has 0 spiro atoms. The number of aliphatic carboxylic acids is 1. The van der Waals surface area contributed by atoms with Crippen molar-refractivity contribution in [2.45, 2.75) is 24.5 Å². The molecule has 0 amide bonds. The first kappa shape index (κ1) is 10.2. The number of hydrogen-bond acceptors (Lipinski definition) is 3. The molecule has 1 saturated heterocycles. The van der Waals surface area contributed by atoms with Gasteiger partial charge in [-0.15, -0.1) is 0 Å². The van der Waals surface area contributed by atoms with Crippen LogP contribution in [0.4, 0.5) is 0 Å². The molecule has 0 aromatic heterocycles. The third-order valence-electron chi connectivity index (χ3n) is 2.08. The maximum Gasteiger partial charge on any atom is 0.328 e. The monoisotopic (exact) mass is 204 g/mol. The van der Waals surface area contributed by atoms with Crippen molar-refractivity contribution in [2.24, 2.45) is 0 Å². The zero-order valence-electron chi connectivity index (χ0n) is 7.14. The first-order valence-electron chi connectivity index (χ1n) is 4.15. The van der Waals surface area contributed by atoms with E-state index in [9.17, 15) is 13.2 Å². The molecule has 13 heavy (non-hydrogen) atoms. The second-order valence-corrected chi connectivity index (χ2v) is 5.44. The van der Waals surface area contributed by atoms with Gasteiger partial charge in [0.1, 0.15) is 0 Å². The molecular formula is C8H12O4S. The van der Waals surface area contributed by atoms with E-state index in [-0.39, 0.29) is 5.75 Å². The van der Waals surface area contributed by atoms with E-state index in [0.717, 1.165) is 12.5 Å². The first-order valence-corrected chi connectivity index (χ1v) is 5.86. The summed E-state index contributed by atoms with van der Waals surface area (Å²) in [5.74, 6) is -0.914. The van der Waals surface area contributed by atoms with Crippen LogP contribution in [0.1, 0.15) is 19.3 Å². The molecule has 74 valence electrons. The zero-order valence-corrected chi connectivity index (χ0v) is 7.96. The number of carboxylic acids is 1. The lowest BCUT2D eigenvalue weighted by Crippen LogP contribution is -2.26. The van der Waals surface area contributed by atoms with Crippen LogP contribution in [0.15, 0.2) is 12.2 Å². The lowest BCUT2D eigenvalue weighted by molar-refractivity contribution is -0.131. The Morgan fingerprint density at radius 3 is 2.62 bits per heavy atom. The van der Waals surface area contributed by atoms with E-state index in [1.54, 1.807) is 0 Å². The maximum absolute atomic E-state index is 11.4. The predicted octanol–water partition coefficient (Wildman–Crippen LogP) is 0.595. The highest BCUT2D eigenvalue weighted by Crippen LogP contribution is 2.20. The fraction of sp³-hybridized carbons (Fsp3) is 0.625. The molecule has 0 saturated carbocycles. The van der Waals surface area contributed by atoms with Crippen molar-refractivity contribution >= 4 is 15.8 Å². The van der Waals surface area contributed by atoms with Crippen LogP contribution >= 0.6 is 0 Å². The minimum absolute atomic E-state index is 0.182. The Morgan fingerprint density at radius 2 is 2.08 bits per heavy atom. The second-order valence-electron chi connectivity index (χ2n) is 3.10. The Balaban J connectivity index is 2.73. The van der Waals surface area contributed by atoms with E-state index in [2.05, 4.69) is 0 Å². The number of sulfone groups is 1. The number of hydrogen-bond donors (Lipinski definition) is 1. The molecule has 0 radical (unpaired) electrons. The van der Waals surface area contributed by atoms with E-state index in [4.69, 9.17) is 5.11 Å². The van der Waals surface area contributed by atoms with Crippen LogP contribution in [0.3, 0.4) is 0 Å². The fourth-order valence-electron chi connectivity index (χ4n) is 1.39. The van der Waals surface area contributed by atoms with Crippen molar-refractivity contribution in [3.63, 3.8) is 0 Å². The second kappa shape index (κ2) is 3.91. The lowest BCUT2D eigenvalue weighted by atomic mass is 10.2. The molecule has 5 heteroatoms. The quantitative estimate of drug-likeness (QED) is 0.668. The fourth-order valence-corrected chi connectivity index (χ4v) is 3.14. The molecule has 1 heterocycles. The predicted molar refractivity (Wildman–Crippen MR) is 48.2 cm³/mol. The van der Waals surface area contributed by atoms with Gasteiger partial charge in [-0.05, 0) is 12.8 Å². The first-order chi connectivity index (χ1) is 6.02. The number of carbonyl (C=O) groups is 1.